The first kappa shape index (κ1) is 14.1. The van der Waals surface area contributed by atoms with Crippen molar-refractivity contribution >= 4 is 31.9 Å². The van der Waals surface area contributed by atoms with Crippen LogP contribution in [0.4, 0.5) is 0 Å². The quantitative estimate of drug-likeness (QED) is 0.790. The van der Waals surface area contributed by atoms with Gasteiger partial charge in [0.05, 0.1) is 4.90 Å². The van der Waals surface area contributed by atoms with Crippen molar-refractivity contribution in [2.45, 2.75) is 11.8 Å². The van der Waals surface area contributed by atoms with E-state index in [4.69, 9.17) is 0 Å². The van der Waals surface area contributed by atoms with Crippen LogP contribution in [0.5, 0.6) is 0 Å². The van der Waals surface area contributed by atoms with Gasteiger partial charge in [0.15, 0.2) is 0 Å². The van der Waals surface area contributed by atoms with E-state index in [0.29, 0.717) is 4.47 Å². The lowest BCUT2D eigenvalue weighted by Gasteiger charge is -2.08. The van der Waals surface area contributed by atoms with Crippen LogP contribution in [0.1, 0.15) is 6.92 Å². The summed E-state index contributed by atoms with van der Waals surface area (Å²) in [5.74, 6) is -0.190. The summed E-state index contributed by atoms with van der Waals surface area (Å²) in [7, 11) is -3.54. The van der Waals surface area contributed by atoms with Crippen molar-refractivity contribution in [1.29, 1.82) is 0 Å². The molecule has 94 valence electrons. The zero-order valence-corrected chi connectivity index (χ0v) is 11.6. The molecule has 1 rings (SSSR count). The van der Waals surface area contributed by atoms with Crippen LogP contribution in [0.3, 0.4) is 0 Å². The highest BCUT2D eigenvalue weighted by Gasteiger charge is 2.15. The molecule has 0 atom stereocenters. The largest absolute Gasteiger partial charge is 0.355 e. The van der Waals surface area contributed by atoms with Gasteiger partial charge in [-0.2, -0.15) is 0 Å². The van der Waals surface area contributed by atoms with Crippen LogP contribution < -0.4 is 10.0 Å². The second kappa shape index (κ2) is 6.13. The Balaban J connectivity index is 2.64. The number of carbonyl (C=O) groups is 1. The Morgan fingerprint density at radius 1 is 1.29 bits per heavy atom. The van der Waals surface area contributed by atoms with Crippen LogP contribution in [-0.4, -0.2) is 27.4 Å². The number of hydrogen-bond acceptors (Lipinski definition) is 3. The Morgan fingerprint density at radius 2 is 1.94 bits per heavy atom. The van der Waals surface area contributed by atoms with E-state index in [1.54, 1.807) is 18.2 Å². The fourth-order valence-corrected chi connectivity index (χ4v) is 3.20. The highest BCUT2D eigenvalue weighted by atomic mass is 79.9. The average Bonchev–Trinajstić information content (AvgIpc) is 2.24. The lowest BCUT2D eigenvalue weighted by Crippen LogP contribution is -2.33. The number of carbonyl (C=O) groups excluding carboxylic acids is 1. The van der Waals surface area contributed by atoms with E-state index in [-0.39, 0.29) is 23.9 Å². The minimum atomic E-state index is -3.54. The molecule has 0 radical (unpaired) electrons. The average molecular weight is 321 g/mol. The SMILES string of the molecule is CC(=O)NCCNS(=O)(=O)c1ccccc1Br. The number of rotatable bonds is 5. The maximum absolute atomic E-state index is 11.8. The Bertz CT molecular complexity index is 502. The van der Waals surface area contributed by atoms with Gasteiger partial charge >= 0.3 is 0 Å². The molecule has 0 heterocycles. The van der Waals surface area contributed by atoms with Crippen LogP contribution in [-0.2, 0) is 14.8 Å². The highest BCUT2D eigenvalue weighted by molar-refractivity contribution is 9.10. The van der Waals surface area contributed by atoms with Crippen molar-refractivity contribution in [3.05, 3.63) is 28.7 Å². The molecule has 0 aliphatic rings. The van der Waals surface area contributed by atoms with Crippen LogP contribution in [0.15, 0.2) is 33.6 Å². The molecule has 0 aliphatic heterocycles. The van der Waals surface area contributed by atoms with Gasteiger partial charge in [0, 0.05) is 24.5 Å². The second-order valence-electron chi connectivity index (χ2n) is 3.31. The predicted molar refractivity (Wildman–Crippen MR) is 68.0 cm³/mol. The molecule has 0 saturated heterocycles. The first-order chi connectivity index (χ1) is 7.93. The molecule has 0 aliphatic carbocycles. The Labute approximate surface area is 109 Å². The zero-order valence-electron chi connectivity index (χ0n) is 9.23. The molecule has 0 aromatic heterocycles. The Hall–Kier alpha value is -0.920. The fraction of sp³-hybridized carbons (Fsp3) is 0.300. The van der Waals surface area contributed by atoms with Crippen molar-refractivity contribution in [2.24, 2.45) is 0 Å². The number of benzene rings is 1. The molecule has 17 heavy (non-hydrogen) atoms. The van der Waals surface area contributed by atoms with Crippen LogP contribution >= 0.6 is 15.9 Å². The van der Waals surface area contributed by atoms with E-state index in [2.05, 4.69) is 26.0 Å². The fourth-order valence-electron chi connectivity index (χ4n) is 1.16. The minimum absolute atomic E-state index is 0.156. The third-order valence-corrected chi connectivity index (χ3v) is 4.39. The van der Waals surface area contributed by atoms with Gasteiger partial charge < -0.3 is 5.32 Å². The lowest BCUT2D eigenvalue weighted by molar-refractivity contribution is -0.118. The summed E-state index contributed by atoms with van der Waals surface area (Å²) >= 11 is 3.18. The topological polar surface area (TPSA) is 75.3 Å². The molecule has 0 unspecified atom stereocenters. The second-order valence-corrected chi connectivity index (χ2v) is 5.90. The Kier molecular flexibility index (Phi) is 5.10. The molecular weight excluding hydrogens is 308 g/mol. The Morgan fingerprint density at radius 3 is 2.53 bits per heavy atom. The standard InChI is InChI=1S/C10H13BrN2O3S/c1-8(14)12-6-7-13-17(15,16)10-5-3-2-4-9(10)11/h2-5,13H,6-7H2,1H3,(H,12,14). The van der Waals surface area contributed by atoms with E-state index in [0.717, 1.165) is 0 Å². The van der Waals surface area contributed by atoms with Gasteiger partial charge in [0.2, 0.25) is 15.9 Å². The van der Waals surface area contributed by atoms with Crippen LogP contribution in [0.25, 0.3) is 0 Å². The maximum atomic E-state index is 11.8. The highest BCUT2D eigenvalue weighted by Crippen LogP contribution is 2.20. The summed E-state index contributed by atoms with van der Waals surface area (Å²) in [6.07, 6.45) is 0. The van der Waals surface area contributed by atoms with E-state index < -0.39 is 10.0 Å². The normalized spacial score (nSPS) is 11.2. The van der Waals surface area contributed by atoms with E-state index in [1.165, 1.54) is 13.0 Å². The number of amides is 1. The maximum Gasteiger partial charge on any atom is 0.241 e. The number of sulfonamides is 1. The molecule has 1 aromatic rings. The monoisotopic (exact) mass is 320 g/mol. The molecule has 0 bridgehead atoms. The van der Waals surface area contributed by atoms with E-state index >= 15 is 0 Å². The van der Waals surface area contributed by atoms with Crippen molar-refractivity contribution < 1.29 is 13.2 Å². The molecule has 1 amide bonds. The number of hydrogen-bond donors (Lipinski definition) is 2. The van der Waals surface area contributed by atoms with Gasteiger partial charge in [-0.05, 0) is 28.1 Å². The van der Waals surface area contributed by atoms with Crippen LogP contribution in [0.2, 0.25) is 0 Å². The zero-order chi connectivity index (χ0) is 12.9. The molecule has 7 heteroatoms. The summed E-state index contributed by atoms with van der Waals surface area (Å²) in [5, 5.41) is 2.51. The molecule has 0 saturated carbocycles. The van der Waals surface area contributed by atoms with Gasteiger partial charge in [-0.3, -0.25) is 4.79 Å². The molecule has 5 nitrogen and oxygen atoms in total. The first-order valence-electron chi connectivity index (χ1n) is 4.92. The predicted octanol–water partition coefficient (Wildman–Crippen LogP) is 0.864. The van der Waals surface area contributed by atoms with E-state index in [1.807, 2.05) is 0 Å². The van der Waals surface area contributed by atoms with Gasteiger partial charge in [-0.15, -0.1) is 0 Å². The smallest absolute Gasteiger partial charge is 0.241 e. The molecule has 0 fully saturated rings. The first-order valence-corrected chi connectivity index (χ1v) is 7.20. The van der Waals surface area contributed by atoms with Gasteiger partial charge in [0.1, 0.15) is 0 Å². The summed E-state index contributed by atoms with van der Waals surface area (Å²) in [5.41, 5.74) is 0. The summed E-state index contributed by atoms with van der Waals surface area (Å²) in [6.45, 7) is 1.80. The van der Waals surface area contributed by atoms with Crippen molar-refractivity contribution in [2.75, 3.05) is 13.1 Å². The van der Waals surface area contributed by atoms with E-state index in [9.17, 15) is 13.2 Å². The summed E-state index contributed by atoms with van der Waals surface area (Å²) in [6, 6.07) is 6.54. The van der Waals surface area contributed by atoms with Gasteiger partial charge in [0.25, 0.3) is 0 Å². The van der Waals surface area contributed by atoms with Gasteiger partial charge in [-0.25, -0.2) is 13.1 Å². The molecule has 2 N–H and O–H groups in total. The molecule has 0 spiro atoms. The summed E-state index contributed by atoms with van der Waals surface area (Å²) < 4.78 is 26.6. The van der Waals surface area contributed by atoms with Crippen molar-refractivity contribution in [3.8, 4) is 0 Å². The molecular formula is C10H13BrN2O3S. The third-order valence-electron chi connectivity index (χ3n) is 1.92. The number of nitrogens with one attached hydrogen (secondary N) is 2. The third kappa shape index (κ3) is 4.45. The minimum Gasteiger partial charge on any atom is -0.355 e. The van der Waals surface area contributed by atoms with Gasteiger partial charge in [-0.1, -0.05) is 12.1 Å². The number of halogens is 1. The van der Waals surface area contributed by atoms with Crippen molar-refractivity contribution in [3.63, 3.8) is 0 Å². The van der Waals surface area contributed by atoms with Crippen LogP contribution in [0, 0.1) is 0 Å². The summed E-state index contributed by atoms with van der Waals surface area (Å²) in [4.78, 5) is 10.8. The lowest BCUT2D eigenvalue weighted by atomic mass is 10.4. The van der Waals surface area contributed by atoms with Crippen molar-refractivity contribution in [1.82, 2.24) is 10.0 Å². The molecule has 1 aromatic carbocycles.